The Morgan fingerprint density at radius 2 is 1.56 bits per heavy atom. The molecular formula is C30H36N5O7P. The molecule has 12 nitrogen and oxygen atoms in total. The van der Waals surface area contributed by atoms with Gasteiger partial charge in [-0.3, -0.25) is 14.2 Å². The number of piperazine rings is 1. The smallest absolute Gasteiger partial charge is 0.409 e. The fourth-order valence-electron chi connectivity index (χ4n) is 4.54. The van der Waals surface area contributed by atoms with Crippen LogP contribution in [-0.2, 0) is 14.1 Å². The van der Waals surface area contributed by atoms with Gasteiger partial charge in [-0.1, -0.05) is 61.9 Å². The number of unbranched alkanes of at least 4 members (excludes halogenated alkanes) is 1. The summed E-state index contributed by atoms with van der Waals surface area (Å²) in [6.07, 6.45) is 0.287. The molecule has 1 fully saturated rings. The van der Waals surface area contributed by atoms with E-state index in [2.05, 4.69) is 15.6 Å². The Morgan fingerprint density at radius 1 is 0.930 bits per heavy atom. The Kier molecular flexibility index (Phi) is 10.9. The van der Waals surface area contributed by atoms with E-state index in [-0.39, 0.29) is 31.9 Å². The first kappa shape index (κ1) is 31.7. The van der Waals surface area contributed by atoms with Gasteiger partial charge in [0.15, 0.2) is 0 Å². The van der Waals surface area contributed by atoms with Crippen molar-refractivity contribution in [1.82, 2.24) is 20.1 Å². The van der Waals surface area contributed by atoms with Crippen LogP contribution in [0.4, 0.5) is 16.2 Å². The second-order valence-corrected chi connectivity index (χ2v) is 11.8. The summed E-state index contributed by atoms with van der Waals surface area (Å²) in [7, 11) is -4.71. The Balaban J connectivity index is 1.52. The number of nitrogens with zero attached hydrogens (tertiary/aromatic N) is 3. The molecule has 0 aliphatic carbocycles. The predicted octanol–water partition coefficient (Wildman–Crippen LogP) is 3.85. The largest absolute Gasteiger partial charge is 0.449 e. The molecule has 1 unspecified atom stereocenters. The van der Waals surface area contributed by atoms with E-state index >= 15 is 0 Å². The third-order valence-electron chi connectivity index (χ3n) is 6.79. The van der Waals surface area contributed by atoms with Crippen LogP contribution in [0.25, 0.3) is 11.3 Å². The number of hydrogen-bond donors (Lipinski definition) is 4. The van der Waals surface area contributed by atoms with Crippen LogP contribution in [0.1, 0.15) is 30.3 Å². The van der Waals surface area contributed by atoms with Crippen LogP contribution in [0.2, 0.25) is 0 Å². The summed E-state index contributed by atoms with van der Waals surface area (Å²) in [5.74, 6) is -1.42. The number of carbonyl (C=O) groups is 3. The van der Waals surface area contributed by atoms with Crippen molar-refractivity contribution in [3.05, 3.63) is 78.5 Å². The molecular weight excluding hydrogens is 573 g/mol. The van der Waals surface area contributed by atoms with E-state index in [1.165, 1.54) is 15.9 Å². The van der Waals surface area contributed by atoms with Crippen LogP contribution in [-0.4, -0.2) is 87.5 Å². The van der Waals surface area contributed by atoms with Crippen LogP contribution in [0.3, 0.4) is 0 Å². The number of rotatable bonds is 11. The summed E-state index contributed by atoms with van der Waals surface area (Å²) in [6, 6.07) is 20.3. The third kappa shape index (κ3) is 9.37. The maximum absolute atomic E-state index is 13.5. The van der Waals surface area contributed by atoms with E-state index in [1.807, 2.05) is 67.6 Å². The van der Waals surface area contributed by atoms with Crippen LogP contribution in [0.5, 0.6) is 0 Å². The second kappa shape index (κ2) is 14.8. The van der Waals surface area contributed by atoms with Crippen molar-refractivity contribution in [2.24, 2.45) is 0 Å². The highest BCUT2D eigenvalue weighted by Gasteiger charge is 2.35. The van der Waals surface area contributed by atoms with Gasteiger partial charge in [0.05, 0.1) is 18.5 Å². The topological polar surface area (TPSA) is 161 Å². The minimum absolute atomic E-state index is 0.0389. The average Bonchev–Trinajstić information content (AvgIpc) is 3.00. The molecule has 43 heavy (non-hydrogen) atoms. The molecule has 3 amide bonds. The number of carbonyl (C=O) groups excluding carboxylic acids is 3. The number of nitrogens with one attached hydrogen (secondary N) is 2. The average molecular weight is 610 g/mol. The van der Waals surface area contributed by atoms with Crippen LogP contribution >= 0.6 is 7.60 Å². The molecule has 1 saturated heterocycles. The van der Waals surface area contributed by atoms with Crippen LogP contribution < -0.4 is 10.6 Å². The lowest BCUT2D eigenvalue weighted by Crippen LogP contribution is -2.56. The van der Waals surface area contributed by atoms with Gasteiger partial charge in [0.1, 0.15) is 11.7 Å². The van der Waals surface area contributed by atoms with Crippen molar-refractivity contribution in [3.63, 3.8) is 0 Å². The zero-order valence-electron chi connectivity index (χ0n) is 23.9. The van der Waals surface area contributed by atoms with Gasteiger partial charge in [0.2, 0.25) is 5.91 Å². The van der Waals surface area contributed by atoms with Gasteiger partial charge in [0, 0.05) is 43.1 Å². The number of hydrogen-bond acceptors (Lipinski definition) is 7. The molecule has 2 aromatic carbocycles. The first-order chi connectivity index (χ1) is 20.6. The molecule has 2 heterocycles. The molecule has 4 rings (SSSR count). The number of aromatic nitrogens is 1. The van der Waals surface area contributed by atoms with Crippen molar-refractivity contribution < 1.29 is 33.5 Å². The highest BCUT2D eigenvalue weighted by Crippen LogP contribution is 2.35. The summed E-state index contributed by atoms with van der Waals surface area (Å²) < 4.78 is 17.2. The lowest BCUT2D eigenvalue weighted by atomic mass is 10.1. The molecule has 1 aliphatic rings. The standard InChI is InChI=1S/C30H36N5O7P/c1-2-3-18-42-30(38)35-16-14-34(15-17-35)29(37)27(21-43(39,40)41)33-28(36)26-20-24(31-23-12-8-5-9-13-23)19-25(32-26)22-10-6-4-7-11-22/h4-13,19-20,27H,2-3,14-18,21H2,1H3,(H,31,32)(H,33,36)(H2,39,40,41). The maximum Gasteiger partial charge on any atom is 0.409 e. The molecule has 13 heteroatoms. The summed E-state index contributed by atoms with van der Waals surface area (Å²) in [5.41, 5.74) is 2.55. The third-order valence-corrected chi connectivity index (χ3v) is 7.63. The molecule has 1 aliphatic heterocycles. The normalized spacial score (nSPS) is 14.1. The molecule has 4 N–H and O–H groups in total. The molecule has 3 aromatic rings. The molecule has 0 saturated carbocycles. The quantitative estimate of drug-likeness (QED) is 0.187. The van der Waals surface area contributed by atoms with E-state index in [1.54, 1.807) is 6.07 Å². The first-order valence-electron chi connectivity index (χ1n) is 14.1. The van der Waals surface area contributed by atoms with Gasteiger partial charge in [-0.25, -0.2) is 9.78 Å². The van der Waals surface area contributed by atoms with Crippen molar-refractivity contribution in [2.45, 2.75) is 25.8 Å². The summed E-state index contributed by atoms with van der Waals surface area (Å²) in [6.45, 7) is 2.95. The lowest BCUT2D eigenvalue weighted by Gasteiger charge is -2.36. The van der Waals surface area contributed by atoms with Gasteiger partial charge in [-0.05, 0) is 30.7 Å². The maximum atomic E-state index is 13.5. The van der Waals surface area contributed by atoms with Crippen molar-refractivity contribution in [2.75, 3.05) is 44.3 Å². The molecule has 228 valence electrons. The van der Waals surface area contributed by atoms with E-state index in [0.717, 1.165) is 24.1 Å². The summed E-state index contributed by atoms with van der Waals surface area (Å²) in [4.78, 5) is 66.0. The SMILES string of the molecule is CCCCOC(=O)N1CCN(C(=O)C(CP(=O)(O)O)NC(=O)c2cc(Nc3ccccc3)cc(-c3ccccc3)n2)CC1. The van der Waals surface area contributed by atoms with Gasteiger partial charge >= 0.3 is 13.7 Å². The summed E-state index contributed by atoms with van der Waals surface area (Å²) >= 11 is 0. The lowest BCUT2D eigenvalue weighted by molar-refractivity contribution is -0.134. The Morgan fingerprint density at radius 3 is 2.19 bits per heavy atom. The van der Waals surface area contributed by atoms with Gasteiger partial charge in [0.25, 0.3) is 5.91 Å². The minimum Gasteiger partial charge on any atom is -0.449 e. The van der Waals surface area contributed by atoms with Crippen LogP contribution in [0, 0.1) is 0 Å². The van der Waals surface area contributed by atoms with E-state index in [4.69, 9.17) is 4.74 Å². The zero-order valence-corrected chi connectivity index (χ0v) is 24.8. The predicted molar refractivity (Wildman–Crippen MR) is 162 cm³/mol. The monoisotopic (exact) mass is 609 g/mol. The van der Waals surface area contributed by atoms with E-state index in [0.29, 0.717) is 18.0 Å². The van der Waals surface area contributed by atoms with Crippen molar-refractivity contribution >= 4 is 36.9 Å². The van der Waals surface area contributed by atoms with E-state index in [9.17, 15) is 28.7 Å². The number of anilines is 2. The number of ether oxygens (including phenoxy) is 1. The fraction of sp³-hybridized carbons (Fsp3) is 0.333. The Hall–Kier alpha value is -4.25. The zero-order chi connectivity index (χ0) is 30.8. The number of para-hydroxylation sites is 1. The number of pyridine rings is 1. The van der Waals surface area contributed by atoms with Gasteiger partial charge in [-0.15, -0.1) is 0 Å². The van der Waals surface area contributed by atoms with Crippen molar-refractivity contribution in [3.8, 4) is 11.3 Å². The molecule has 0 radical (unpaired) electrons. The second-order valence-electron chi connectivity index (χ2n) is 10.1. The Labute approximate surface area is 250 Å². The number of amides is 3. The highest BCUT2D eigenvalue weighted by molar-refractivity contribution is 7.51. The molecule has 0 bridgehead atoms. The summed E-state index contributed by atoms with van der Waals surface area (Å²) in [5, 5.41) is 5.75. The van der Waals surface area contributed by atoms with Crippen LogP contribution in [0.15, 0.2) is 72.8 Å². The highest BCUT2D eigenvalue weighted by atomic mass is 31.2. The van der Waals surface area contributed by atoms with E-state index < -0.39 is 37.7 Å². The molecule has 1 atom stereocenters. The molecule has 0 spiro atoms. The van der Waals surface area contributed by atoms with Gasteiger partial charge < -0.3 is 35.0 Å². The minimum atomic E-state index is -4.71. The van der Waals surface area contributed by atoms with Gasteiger partial charge in [-0.2, -0.15) is 0 Å². The first-order valence-corrected chi connectivity index (χ1v) is 15.9. The fourth-order valence-corrected chi connectivity index (χ4v) is 5.27. The van der Waals surface area contributed by atoms with Crippen molar-refractivity contribution in [1.29, 1.82) is 0 Å². The number of benzene rings is 2. The molecule has 1 aromatic heterocycles. The Bertz CT molecular complexity index is 1440.